The van der Waals surface area contributed by atoms with Crippen LogP contribution in [0.2, 0.25) is 0 Å². The summed E-state index contributed by atoms with van der Waals surface area (Å²) < 4.78 is 19.3. The van der Waals surface area contributed by atoms with E-state index in [-0.39, 0.29) is 35.5 Å². The average molecular weight is 688 g/mol. The van der Waals surface area contributed by atoms with Gasteiger partial charge < -0.3 is 34.7 Å². The van der Waals surface area contributed by atoms with E-state index in [1.165, 1.54) is 6.92 Å². The first kappa shape index (κ1) is 35.6. The molecule has 0 radical (unpaired) electrons. The number of anilines is 1. The topological polar surface area (TPSA) is 133 Å². The quantitative estimate of drug-likeness (QED) is 0.163. The van der Waals surface area contributed by atoms with Gasteiger partial charge in [0.05, 0.1) is 50.6 Å². The van der Waals surface area contributed by atoms with Crippen molar-refractivity contribution >= 4 is 40.3 Å². The molecular formula is C37H45N5O6S. The van der Waals surface area contributed by atoms with Gasteiger partial charge in [-0.15, -0.1) is 0 Å². The zero-order chi connectivity index (χ0) is 35.2. The monoisotopic (exact) mass is 687 g/mol. The second-order valence-electron chi connectivity index (χ2n) is 12.3. The third-order valence-electron chi connectivity index (χ3n) is 8.78. The SMILES string of the molecule is COc1cc2c(c(OC)c1OC)-c1ccc(N[C@H](CCSC)C(=O)NCc3nc4ccccc4n3C(C)C)c(=O)cc1[C@@H](NC(C)=O)CC2. The lowest BCUT2D eigenvalue weighted by atomic mass is 9.95. The number of para-hydroxylation sites is 2. The molecular weight excluding hydrogens is 643 g/mol. The van der Waals surface area contributed by atoms with Crippen LogP contribution in [0.15, 0.2) is 53.3 Å². The van der Waals surface area contributed by atoms with Gasteiger partial charge in [-0.3, -0.25) is 14.4 Å². The smallest absolute Gasteiger partial charge is 0.242 e. The van der Waals surface area contributed by atoms with Crippen LogP contribution in [0.1, 0.15) is 62.6 Å². The lowest BCUT2D eigenvalue weighted by molar-refractivity contribution is -0.122. The van der Waals surface area contributed by atoms with E-state index < -0.39 is 12.1 Å². The number of carbonyl (C=O) groups excluding carboxylic acids is 2. The average Bonchev–Trinajstić information content (AvgIpc) is 3.31. The second-order valence-corrected chi connectivity index (χ2v) is 13.3. The van der Waals surface area contributed by atoms with E-state index in [0.29, 0.717) is 53.4 Å². The number of nitrogens with zero attached hydrogens (tertiary/aromatic N) is 2. The number of hydrogen-bond donors (Lipinski definition) is 3. The number of hydrogen-bond acceptors (Lipinski definition) is 9. The van der Waals surface area contributed by atoms with Crippen LogP contribution in [-0.2, 0) is 22.6 Å². The number of thioether (sulfide) groups is 1. The molecule has 1 aromatic heterocycles. The standard InChI is InChI=1S/C37H45N5O6S/c1-21(2)42-30-11-9-8-10-27(30)41-33(42)20-38-37(45)29(16-17-49-7)40-28-15-13-24-25(19-31(28)44)26(39-22(3)43)14-12-23-18-32(46-4)35(47-5)36(48-6)34(23)24/h8-11,13,15,18-19,21,26,29H,12,14,16-17,20H2,1-7H3,(H,38,45)(H,39,43)(H,40,44)/t26-,29+/m0/s1. The van der Waals surface area contributed by atoms with Crippen LogP contribution < -0.4 is 35.6 Å². The molecule has 4 aromatic rings. The number of imidazole rings is 1. The number of methoxy groups -OCH3 is 3. The number of amides is 2. The minimum Gasteiger partial charge on any atom is -0.493 e. The summed E-state index contributed by atoms with van der Waals surface area (Å²) in [6, 6.07) is 14.0. The van der Waals surface area contributed by atoms with Gasteiger partial charge in [-0.05, 0) is 92.1 Å². The Morgan fingerprint density at radius 3 is 2.47 bits per heavy atom. The third kappa shape index (κ3) is 7.49. The van der Waals surface area contributed by atoms with Crippen molar-refractivity contribution < 1.29 is 23.8 Å². The van der Waals surface area contributed by atoms with Gasteiger partial charge in [-0.25, -0.2) is 4.98 Å². The lowest BCUT2D eigenvalue weighted by Crippen LogP contribution is -2.41. The molecule has 0 spiro atoms. The fourth-order valence-corrected chi connectivity index (χ4v) is 7.08. The number of fused-ring (bicyclic) bond motifs is 4. The fourth-order valence-electron chi connectivity index (χ4n) is 6.60. The van der Waals surface area contributed by atoms with E-state index >= 15 is 0 Å². The van der Waals surface area contributed by atoms with Gasteiger partial charge in [-0.1, -0.05) is 18.2 Å². The Kier molecular flexibility index (Phi) is 11.4. The molecule has 2 amide bonds. The first-order valence-electron chi connectivity index (χ1n) is 16.4. The summed E-state index contributed by atoms with van der Waals surface area (Å²) in [5.74, 6) is 2.45. The highest BCUT2D eigenvalue weighted by Crippen LogP contribution is 2.50. The van der Waals surface area contributed by atoms with Crippen LogP contribution in [0.25, 0.3) is 22.2 Å². The number of carbonyl (C=O) groups is 2. The van der Waals surface area contributed by atoms with Gasteiger partial charge in [0.1, 0.15) is 11.9 Å². The molecule has 0 aliphatic heterocycles. The van der Waals surface area contributed by atoms with Crippen LogP contribution in [0.3, 0.4) is 0 Å². The third-order valence-corrected chi connectivity index (χ3v) is 9.42. The van der Waals surface area contributed by atoms with Crippen LogP contribution in [-0.4, -0.2) is 60.7 Å². The molecule has 11 nitrogen and oxygen atoms in total. The highest BCUT2D eigenvalue weighted by atomic mass is 32.2. The molecule has 260 valence electrons. The molecule has 0 fully saturated rings. The Balaban J connectivity index is 1.53. The Morgan fingerprint density at radius 2 is 1.80 bits per heavy atom. The summed E-state index contributed by atoms with van der Waals surface area (Å²) in [5, 5.41) is 9.36. The predicted octanol–water partition coefficient (Wildman–Crippen LogP) is 5.64. The van der Waals surface area contributed by atoms with Gasteiger partial charge in [0.2, 0.25) is 23.0 Å². The normalized spacial score (nSPS) is 14.3. The molecule has 49 heavy (non-hydrogen) atoms. The number of aromatic nitrogens is 2. The molecule has 5 rings (SSSR count). The van der Waals surface area contributed by atoms with Crippen molar-refractivity contribution in [3.8, 4) is 28.4 Å². The molecule has 1 aliphatic rings. The molecule has 0 bridgehead atoms. The van der Waals surface area contributed by atoms with E-state index in [0.717, 1.165) is 28.0 Å². The molecule has 0 unspecified atom stereocenters. The van der Waals surface area contributed by atoms with Crippen molar-refractivity contribution in [3.63, 3.8) is 0 Å². The maximum absolute atomic E-state index is 14.0. The molecule has 3 aromatic carbocycles. The maximum atomic E-state index is 14.0. The summed E-state index contributed by atoms with van der Waals surface area (Å²) in [6.07, 6.45) is 3.61. The fraction of sp³-hybridized carbons (Fsp3) is 0.405. The maximum Gasteiger partial charge on any atom is 0.242 e. The summed E-state index contributed by atoms with van der Waals surface area (Å²) in [6.45, 7) is 5.88. The van der Waals surface area contributed by atoms with Crippen LogP contribution >= 0.6 is 11.8 Å². The van der Waals surface area contributed by atoms with Crippen molar-refractivity contribution in [1.82, 2.24) is 20.2 Å². The van der Waals surface area contributed by atoms with E-state index in [4.69, 9.17) is 19.2 Å². The number of ether oxygens (including phenoxy) is 3. The number of aryl methyl sites for hydroxylation is 1. The molecule has 2 atom stereocenters. The predicted molar refractivity (Wildman–Crippen MR) is 195 cm³/mol. The van der Waals surface area contributed by atoms with Crippen LogP contribution in [0, 0.1) is 0 Å². The second kappa shape index (κ2) is 15.7. The van der Waals surface area contributed by atoms with Crippen molar-refractivity contribution in [1.29, 1.82) is 0 Å². The van der Waals surface area contributed by atoms with Gasteiger partial charge in [0.15, 0.2) is 11.5 Å². The molecule has 0 saturated heterocycles. The Morgan fingerprint density at radius 1 is 1.04 bits per heavy atom. The number of rotatable bonds is 13. The molecule has 0 saturated carbocycles. The van der Waals surface area contributed by atoms with E-state index in [9.17, 15) is 14.4 Å². The summed E-state index contributed by atoms with van der Waals surface area (Å²) in [4.78, 5) is 44.8. The lowest BCUT2D eigenvalue weighted by Gasteiger charge is -2.19. The van der Waals surface area contributed by atoms with Gasteiger partial charge in [-0.2, -0.15) is 11.8 Å². The van der Waals surface area contributed by atoms with Crippen molar-refractivity contribution in [2.75, 3.05) is 38.7 Å². The van der Waals surface area contributed by atoms with E-state index in [1.807, 2.05) is 42.7 Å². The Labute approximate surface area is 291 Å². The highest BCUT2D eigenvalue weighted by molar-refractivity contribution is 7.98. The molecule has 3 N–H and O–H groups in total. The van der Waals surface area contributed by atoms with Gasteiger partial charge in [0, 0.05) is 18.5 Å². The minimum absolute atomic E-state index is 0.151. The van der Waals surface area contributed by atoms with Gasteiger partial charge >= 0.3 is 0 Å². The first-order chi connectivity index (χ1) is 23.6. The summed E-state index contributed by atoms with van der Waals surface area (Å²) in [7, 11) is 4.68. The zero-order valence-electron chi connectivity index (χ0n) is 29.1. The van der Waals surface area contributed by atoms with Gasteiger partial charge in [0.25, 0.3) is 0 Å². The Bertz CT molecular complexity index is 1910. The number of nitrogens with one attached hydrogen (secondary N) is 3. The molecule has 1 aliphatic carbocycles. The van der Waals surface area contributed by atoms with Crippen molar-refractivity contribution in [2.45, 2.75) is 64.7 Å². The highest BCUT2D eigenvalue weighted by Gasteiger charge is 2.30. The minimum atomic E-state index is -0.684. The van der Waals surface area contributed by atoms with Crippen LogP contribution in [0.5, 0.6) is 17.2 Å². The summed E-state index contributed by atoms with van der Waals surface area (Å²) in [5.41, 5.74) is 4.90. The largest absolute Gasteiger partial charge is 0.493 e. The molecule has 1 heterocycles. The van der Waals surface area contributed by atoms with Crippen LogP contribution in [0.4, 0.5) is 5.69 Å². The van der Waals surface area contributed by atoms with Crippen molar-refractivity contribution in [2.24, 2.45) is 0 Å². The van der Waals surface area contributed by atoms with E-state index in [1.54, 1.807) is 45.2 Å². The number of benzene rings is 2. The Hall–Kier alpha value is -4.71. The summed E-state index contributed by atoms with van der Waals surface area (Å²) >= 11 is 1.62. The zero-order valence-corrected chi connectivity index (χ0v) is 30.0. The first-order valence-corrected chi connectivity index (χ1v) is 17.8. The van der Waals surface area contributed by atoms with E-state index in [2.05, 4.69) is 34.4 Å². The van der Waals surface area contributed by atoms with Crippen molar-refractivity contribution in [3.05, 3.63) is 75.7 Å². The molecule has 12 heteroatoms.